The lowest BCUT2D eigenvalue weighted by molar-refractivity contribution is -0.137. The second-order valence-corrected chi connectivity index (χ2v) is 6.79. The molecule has 1 aromatic rings. The fraction of sp³-hybridized carbons (Fsp3) is 0.300. The van der Waals surface area contributed by atoms with E-state index in [0.29, 0.717) is 22.5 Å². The summed E-state index contributed by atoms with van der Waals surface area (Å²) in [7, 11) is 2.53. The van der Waals surface area contributed by atoms with Crippen molar-refractivity contribution in [3.05, 3.63) is 57.9 Å². The van der Waals surface area contributed by atoms with Crippen LogP contribution in [0.4, 0.5) is 9.59 Å². The lowest BCUT2D eigenvalue weighted by Gasteiger charge is -2.29. The van der Waals surface area contributed by atoms with Crippen LogP contribution in [0.5, 0.6) is 0 Å². The molecule has 0 radical (unpaired) electrons. The molecule has 4 N–H and O–H groups in total. The van der Waals surface area contributed by atoms with E-state index < -0.39 is 36.1 Å². The maximum atomic E-state index is 12.2. The topological polar surface area (TPSA) is 135 Å². The first kappa shape index (κ1) is 20.9. The van der Waals surface area contributed by atoms with Crippen LogP contribution >= 0.6 is 0 Å². The number of hydrogen-bond acceptors (Lipinski definition) is 6. The average molecular weight is 414 g/mol. The van der Waals surface area contributed by atoms with Gasteiger partial charge in [-0.05, 0) is 25.0 Å². The molecule has 158 valence electrons. The van der Waals surface area contributed by atoms with Gasteiger partial charge in [-0.3, -0.25) is 0 Å². The minimum absolute atomic E-state index is 0.283. The molecule has 2 unspecified atom stereocenters. The monoisotopic (exact) mass is 414 g/mol. The maximum Gasteiger partial charge on any atom is 0.337 e. The number of benzene rings is 1. The normalized spacial score (nSPS) is 21.2. The second-order valence-electron chi connectivity index (χ2n) is 6.79. The van der Waals surface area contributed by atoms with Crippen LogP contribution in [0.15, 0.2) is 46.8 Å². The molecule has 0 saturated heterocycles. The largest absolute Gasteiger partial charge is 0.466 e. The highest BCUT2D eigenvalue weighted by atomic mass is 16.5. The van der Waals surface area contributed by atoms with Crippen molar-refractivity contribution in [2.45, 2.75) is 25.9 Å². The van der Waals surface area contributed by atoms with E-state index in [9.17, 15) is 19.2 Å². The van der Waals surface area contributed by atoms with E-state index in [1.165, 1.54) is 14.2 Å². The van der Waals surface area contributed by atoms with Gasteiger partial charge in [0.2, 0.25) is 0 Å². The molecule has 1 aromatic carbocycles. The fourth-order valence-corrected chi connectivity index (χ4v) is 3.53. The van der Waals surface area contributed by atoms with Gasteiger partial charge in [0, 0.05) is 11.4 Å². The number of methoxy groups -OCH3 is 2. The summed E-state index contributed by atoms with van der Waals surface area (Å²) in [4.78, 5) is 48.3. The number of esters is 2. The molecule has 0 saturated carbocycles. The van der Waals surface area contributed by atoms with Crippen LogP contribution < -0.4 is 21.3 Å². The fourth-order valence-electron chi connectivity index (χ4n) is 3.53. The third kappa shape index (κ3) is 3.84. The van der Waals surface area contributed by atoms with Gasteiger partial charge < -0.3 is 30.7 Å². The Kier molecular flexibility index (Phi) is 5.77. The van der Waals surface area contributed by atoms with Gasteiger partial charge in [0.1, 0.15) is 0 Å². The predicted molar refractivity (Wildman–Crippen MR) is 105 cm³/mol. The molecule has 4 amide bonds. The lowest BCUT2D eigenvalue weighted by Crippen LogP contribution is -2.45. The number of rotatable bonds is 4. The molecule has 0 spiro atoms. The Hall–Kier alpha value is -3.82. The van der Waals surface area contributed by atoms with Crippen molar-refractivity contribution >= 4 is 24.0 Å². The minimum Gasteiger partial charge on any atom is -0.466 e. The first-order valence-electron chi connectivity index (χ1n) is 9.09. The number of amides is 4. The van der Waals surface area contributed by atoms with Gasteiger partial charge in [-0.1, -0.05) is 24.3 Å². The third-order valence-corrected chi connectivity index (χ3v) is 4.95. The Morgan fingerprint density at radius 1 is 0.733 bits per heavy atom. The third-order valence-electron chi connectivity index (χ3n) is 4.95. The molecular formula is C20H22N4O6. The lowest BCUT2D eigenvalue weighted by atomic mass is 9.91. The van der Waals surface area contributed by atoms with Crippen molar-refractivity contribution in [3.63, 3.8) is 0 Å². The van der Waals surface area contributed by atoms with E-state index in [2.05, 4.69) is 21.3 Å². The van der Waals surface area contributed by atoms with Crippen LogP contribution in [-0.4, -0.2) is 38.2 Å². The number of nitrogens with one attached hydrogen (secondary N) is 4. The quantitative estimate of drug-likeness (QED) is 0.549. The summed E-state index contributed by atoms with van der Waals surface area (Å²) >= 11 is 0. The number of urea groups is 2. The van der Waals surface area contributed by atoms with Crippen LogP contribution in [0.1, 0.15) is 37.1 Å². The number of ether oxygens (including phenoxy) is 2. The molecule has 2 aliphatic rings. The molecule has 10 heteroatoms. The maximum absolute atomic E-state index is 12.2. The van der Waals surface area contributed by atoms with Crippen LogP contribution in [0.25, 0.3) is 0 Å². The van der Waals surface area contributed by atoms with Crippen molar-refractivity contribution in [1.82, 2.24) is 21.3 Å². The van der Waals surface area contributed by atoms with E-state index in [1.807, 2.05) is 0 Å². The number of allylic oxidation sites excluding steroid dienone is 2. The van der Waals surface area contributed by atoms with E-state index in [-0.39, 0.29) is 11.1 Å². The highest BCUT2D eigenvalue weighted by Crippen LogP contribution is 2.31. The van der Waals surface area contributed by atoms with Gasteiger partial charge in [-0.2, -0.15) is 0 Å². The standard InChI is InChI=1S/C20H22N4O6/c1-9-13(17(25)29-3)15(23-19(27)21-9)11-5-7-12(8-6-11)16-14(18(26)30-4)10(2)22-20(28)24-16/h5-8,15-16H,1-4H3,(H2,21,23,27)(H2,22,24,28). The first-order chi connectivity index (χ1) is 14.3. The smallest absolute Gasteiger partial charge is 0.337 e. The van der Waals surface area contributed by atoms with E-state index in [0.717, 1.165) is 0 Å². The second kappa shape index (κ2) is 8.27. The van der Waals surface area contributed by atoms with Crippen LogP contribution in [0.2, 0.25) is 0 Å². The molecule has 10 nitrogen and oxygen atoms in total. The summed E-state index contributed by atoms with van der Waals surface area (Å²) in [5.41, 5.74) is 2.63. The van der Waals surface area contributed by atoms with Gasteiger partial charge in [0.25, 0.3) is 0 Å². The summed E-state index contributed by atoms with van der Waals surface area (Å²) in [6.45, 7) is 3.24. The molecule has 2 atom stereocenters. The highest BCUT2D eigenvalue weighted by molar-refractivity contribution is 5.95. The summed E-state index contributed by atoms with van der Waals surface area (Å²) in [6.07, 6.45) is 0. The molecule has 3 rings (SSSR count). The van der Waals surface area contributed by atoms with Gasteiger partial charge in [-0.15, -0.1) is 0 Å². The molecule has 0 aromatic heterocycles. The van der Waals surface area contributed by atoms with Crippen LogP contribution in [0.3, 0.4) is 0 Å². The molecule has 2 aliphatic heterocycles. The molecule has 2 heterocycles. The van der Waals surface area contributed by atoms with Crippen molar-refractivity contribution < 1.29 is 28.7 Å². The summed E-state index contributed by atoms with van der Waals surface area (Å²) in [5.74, 6) is -1.13. The van der Waals surface area contributed by atoms with Crippen LogP contribution in [-0.2, 0) is 19.1 Å². The van der Waals surface area contributed by atoms with Gasteiger partial charge >= 0.3 is 24.0 Å². The van der Waals surface area contributed by atoms with Crippen molar-refractivity contribution in [2.24, 2.45) is 0 Å². The first-order valence-corrected chi connectivity index (χ1v) is 9.09. The Morgan fingerprint density at radius 2 is 1.07 bits per heavy atom. The van der Waals surface area contributed by atoms with Crippen LogP contribution in [0, 0.1) is 0 Å². The molecule has 30 heavy (non-hydrogen) atoms. The summed E-state index contributed by atoms with van der Waals surface area (Å²) in [6, 6.07) is 4.54. The Labute approximate surface area is 172 Å². The Bertz CT molecular complexity index is 901. The summed E-state index contributed by atoms with van der Waals surface area (Å²) in [5, 5.41) is 10.5. The zero-order valence-electron chi connectivity index (χ0n) is 16.9. The molecule has 0 fully saturated rings. The average Bonchev–Trinajstić information content (AvgIpc) is 2.71. The minimum atomic E-state index is -0.708. The van der Waals surface area contributed by atoms with Crippen molar-refractivity contribution in [1.29, 1.82) is 0 Å². The number of carbonyl (C=O) groups is 4. The van der Waals surface area contributed by atoms with Crippen molar-refractivity contribution in [2.75, 3.05) is 14.2 Å². The van der Waals surface area contributed by atoms with E-state index >= 15 is 0 Å². The predicted octanol–water partition coefficient (Wildman–Crippen LogP) is 1.29. The SMILES string of the molecule is COC(=O)C1=C(C)NC(=O)NC1c1ccc(C2NC(=O)NC(C)=C2C(=O)OC)cc1. The zero-order chi connectivity index (χ0) is 22.0. The zero-order valence-corrected chi connectivity index (χ0v) is 16.9. The Balaban J connectivity index is 1.97. The molecular weight excluding hydrogens is 392 g/mol. The van der Waals surface area contributed by atoms with E-state index in [1.54, 1.807) is 38.1 Å². The van der Waals surface area contributed by atoms with Gasteiger partial charge in [-0.25, -0.2) is 19.2 Å². The van der Waals surface area contributed by atoms with Gasteiger partial charge in [0.05, 0.1) is 37.4 Å². The van der Waals surface area contributed by atoms with Crippen molar-refractivity contribution in [3.8, 4) is 0 Å². The molecule has 0 bridgehead atoms. The summed E-state index contributed by atoms with van der Waals surface area (Å²) < 4.78 is 9.68. The highest BCUT2D eigenvalue weighted by Gasteiger charge is 2.34. The van der Waals surface area contributed by atoms with E-state index in [4.69, 9.17) is 9.47 Å². The molecule has 0 aliphatic carbocycles. The number of hydrogen-bond donors (Lipinski definition) is 4. The van der Waals surface area contributed by atoms with Gasteiger partial charge in [0.15, 0.2) is 0 Å². The number of carbonyl (C=O) groups excluding carboxylic acids is 4. The Morgan fingerprint density at radius 3 is 1.37 bits per heavy atom.